The number of alkyl halides is 3. The van der Waals surface area contributed by atoms with Crippen LogP contribution < -0.4 is 15.5 Å². The average molecular weight is 459 g/mol. The fraction of sp³-hybridized carbons (Fsp3) is 0.409. The Bertz CT molecular complexity index is 1190. The molecule has 0 bridgehead atoms. The molecule has 11 heteroatoms. The van der Waals surface area contributed by atoms with E-state index in [2.05, 4.69) is 25.6 Å². The number of amides is 2. The molecular weight excluding hydrogens is 435 g/mol. The minimum Gasteiger partial charge on any atom is -0.359 e. The quantitative estimate of drug-likeness (QED) is 0.554. The molecule has 0 saturated carbocycles. The number of halogens is 3. The number of anilines is 2. The van der Waals surface area contributed by atoms with Crippen LogP contribution in [0.5, 0.6) is 0 Å². The summed E-state index contributed by atoms with van der Waals surface area (Å²) in [5.74, 6) is 0.161. The van der Waals surface area contributed by atoms with Crippen LogP contribution in [-0.4, -0.2) is 65.2 Å². The number of hydrogen-bond donors (Lipinski definition) is 3. The zero-order valence-corrected chi connectivity index (χ0v) is 18.0. The van der Waals surface area contributed by atoms with Crippen LogP contribution in [0.15, 0.2) is 30.6 Å². The van der Waals surface area contributed by atoms with Crippen molar-refractivity contribution < 1.29 is 18.0 Å². The lowest BCUT2D eigenvalue weighted by atomic mass is 10.0. The van der Waals surface area contributed by atoms with Crippen molar-refractivity contribution in [2.24, 2.45) is 0 Å². The molecule has 2 aliphatic rings. The molecule has 2 saturated heterocycles. The zero-order chi connectivity index (χ0) is 23.2. The van der Waals surface area contributed by atoms with Crippen molar-refractivity contribution in [1.82, 2.24) is 25.2 Å². The second-order valence-electron chi connectivity index (χ2n) is 8.40. The van der Waals surface area contributed by atoms with E-state index in [9.17, 15) is 18.0 Å². The maximum atomic E-state index is 13.9. The Hall–Kier alpha value is -3.34. The molecule has 5 rings (SSSR count). The molecule has 0 radical (unpaired) electrons. The molecule has 0 spiro atoms. The summed E-state index contributed by atoms with van der Waals surface area (Å²) in [6.45, 7) is 2.71. The first-order valence-electron chi connectivity index (χ1n) is 10.9. The molecule has 2 aliphatic heterocycles. The van der Waals surface area contributed by atoms with E-state index in [1.54, 1.807) is 35.0 Å². The van der Waals surface area contributed by atoms with Gasteiger partial charge in [0.1, 0.15) is 5.56 Å². The minimum atomic E-state index is -4.62. The monoisotopic (exact) mass is 459 g/mol. The average Bonchev–Trinajstić information content (AvgIpc) is 3.37. The number of fused-ring (bicyclic) bond motifs is 1. The SMILES string of the molecule is CN1CCN(c2cccc3c(-c4nc(N[C@H]5CCCNC5)ncc4C(F)(F)F)c[nH]c23)C1=O. The number of benzene rings is 1. The smallest absolute Gasteiger partial charge is 0.359 e. The summed E-state index contributed by atoms with van der Waals surface area (Å²) in [4.78, 5) is 27.1. The lowest BCUT2D eigenvalue weighted by Crippen LogP contribution is -2.38. The fourth-order valence-electron chi connectivity index (χ4n) is 4.45. The number of H-pyrrole nitrogens is 1. The molecule has 33 heavy (non-hydrogen) atoms. The Labute approximate surface area is 188 Å². The Morgan fingerprint density at radius 3 is 2.79 bits per heavy atom. The van der Waals surface area contributed by atoms with Gasteiger partial charge in [-0.3, -0.25) is 4.90 Å². The van der Waals surface area contributed by atoms with Crippen LogP contribution in [-0.2, 0) is 6.18 Å². The van der Waals surface area contributed by atoms with Gasteiger partial charge in [0, 0.05) is 56.1 Å². The van der Waals surface area contributed by atoms with Gasteiger partial charge in [-0.05, 0) is 25.5 Å². The number of hydrogen-bond acceptors (Lipinski definition) is 5. The standard InChI is InChI=1S/C22H24F3N7O/c1-31-8-9-32(21(31)33)17-6-2-5-14-15(11-27-19(14)17)18-16(22(23,24)25)12-28-20(30-18)29-13-4-3-7-26-10-13/h2,5-6,11-13,26-27H,3-4,7-10H2,1H3,(H,28,29,30)/t13-/m0/s1. The summed E-state index contributed by atoms with van der Waals surface area (Å²) in [6.07, 6.45) is -0.401. The molecule has 3 N–H and O–H groups in total. The highest BCUT2D eigenvalue weighted by atomic mass is 19.4. The molecule has 8 nitrogen and oxygen atoms in total. The van der Waals surface area contributed by atoms with Crippen molar-refractivity contribution >= 4 is 28.6 Å². The van der Waals surface area contributed by atoms with Crippen LogP contribution in [0.2, 0.25) is 0 Å². The molecule has 2 aromatic heterocycles. The first kappa shape index (κ1) is 21.5. The lowest BCUT2D eigenvalue weighted by Gasteiger charge is -2.24. The van der Waals surface area contributed by atoms with Crippen molar-refractivity contribution in [3.05, 3.63) is 36.2 Å². The van der Waals surface area contributed by atoms with Gasteiger partial charge in [0.05, 0.1) is 16.9 Å². The van der Waals surface area contributed by atoms with Crippen LogP contribution in [0, 0.1) is 0 Å². The van der Waals surface area contributed by atoms with Crippen LogP contribution in [0.1, 0.15) is 18.4 Å². The summed E-state index contributed by atoms with van der Waals surface area (Å²) in [5.41, 5.74) is 0.428. The first-order valence-corrected chi connectivity index (χ1v) is 10.9. The number of aromatic amines is 1. The van der Waals surface area contributed by atoms with E-state index in [1.807, 2.05) is 0 Å². The summed E-state index contributed by atoms with van der Waals surface area (Å²) in [6, 6.07) is 5.16. The lowest BCUT2D eigenvalue weighted by molar-refractivity contribution is -0.137. The second kappa shape index (κ2) is 8.22. The zero-order valence-electron chi connectivity index (χ0n) is 18.0. The molecule has 2 fully saturated rings. The van der Waals surface area contributed by atoms with Crippen molar-refractivity contribution in [3.8, 4) is 11.3 Å². The molecule has 2 amide bonds. The predicted molar refractivity (Wildman–Crippen MR) is 119 cm³/mol. The maximum absolute atomic E-state index is 13.9. The predicted octanol–water partition coefficient (Wildman–Crippen LogP) is 3.68. The number of nitrogens with one attached hydrogen (secondary N) is 3. The van der Waals surface area contributed by atoms with E-state index >= 15 is 0 Å². The Morgan fingerprint density at radius 2 is 2.09 bits per heavy atom. The highest BCUT2D eigenvalue weighted by Crippen LogP contribution is 2.40. The van der Waals surface area contributed by atoms with E-state index in [-0.39, 0.29) is 23.7 Å². The summed E-state index contributed by atoms with van der Waals surface area (Å²) in [5, 5.41) is 6.97. The van der Waals surface area contributed by atoms with Crippen LogP contribution >= 0.6 is 0 Å². The van der Waals surface area contributed by atoms with E-state index in [4.69, 9.17) is 0 Å². The number of para-hydroxylation sites is 1. The number of urea groups is 1. The van der Waals surface area contributed by atoms with Gasteiger partial charge in [0.15, 0.2) is 0 Å². The van der Waals surface area contributed by atoms with Gasteiger partial charge in [-0.15, -0.1) is 0 Å². The number of aromatic nitrogens is 3. The Kier molecular flexibility index (Phi) is 5.35. The van der Waals surface area contributed by atoms with E-state index < -0.39 is 11.7 Å². The number of likely N-dealkylation sites (N-methyl/N-ethyl adjacent to an activating group) is 1. The van der Waals surface area contributed by atoms with Gasteiger partial charge >= 0.3 is 12.2 Å². The van der Waals surface area contributed by atoms with Gasteiger partial charge in [-0.2, -0.15) is 13.2 Å². The summed E-state index contributed by atoms with van der Waals surface area (Å²) in [7, 11) is 1.72. The Morgan fingerprint density at radius 1 is 1.24 bits per heavy atom. The second-order valence-corrected chi connectivity index (χ2v) is 8.40. The normalized spacial score (nSPS) is 19.5. The molecule has 174 valence electrons. The number of carbonyl (C=O) groups is 1. The third-order valence-electron chi connectivity index (χ3n) is 6.18. The van der Waals surface area contributed by atoms with Crippen molar-refractivity contribution in [3.63, 3.8) is 0 Å². The molecule has 1 aromatic carbocycles. The molecule has 3 aromatic rings. The molecule has 1 atom stereocenters. The van der Waals surface area contributed by atoms with Gasteiger partial charge < -0.3 is 20.5 Å². The van der Waals surface area contributed by atoms with Gasteiger partial charge in [-0.25, -0.2) is 14.8 Å². The number of rotatable bonds is 4. The topological polar surface area (TPSA) is 89.2 Å². The Balaban J connectivity index is 1.59. The molecule has 0 aliphatic carbocycles. The van der Waals surface area contributed by atoms with E-state index in [0.717, 1.165) is 25.6 Å². The fourth-order valence-corrected chi connectivity index (χ4v) is 4.45. The first-order chi connectivity index (χ1) is 15.8. The van der Waals surface area contributed by atoms with Crippen LogP contribution in [0.4, 0.5) is 29.6 Å². The van der Waals surface area contributed by atoms with Crippen LogP contribution in [0.3, 0.4) is 0 Å². The van der Waals surface area contributed by atoms with Crippen molar-refractivity contribution in [2.75, 3.05) is 43.4 Å². The van der Waals surface area contributed by atoms with Crippen molar-refractivity contribution in [2.45, 2.75) is 25.1 Å². The number of nitrogens with zero attached hydrogens (tertiary/aromatic N) is 4. The van der Waals surface area contributed by atoms with E-state index in [0.29, 0.717) is 41.8 Å². The maximum Gasteiger partial charge on any atom is 0.419 e. The highest BCUT2D eigenvalue weighted by molar-refractivity contribution is 6.07. The molecule has 0 unspecified atom stereocenters. The molecular formula is C22H24F3N7O. The van der Waals surface area contributed by atoms with Gasteiger partial charge in [0.2, 0.25) is 5.95 Å². The third-order valence-corrected chi connectivity index (χ3v) is 6.18. The van der Waals surface area contributed by atoms with Crippen molar-refractivity contribution in [1.29, 1.82) is 0 Å². The molecule has 4 heterocycles. The number of piperidine rings is 1. The summed E-state index contributed by atoms with van der Waals surface area (Å²) >= 11 is 0. The third kappa shape index (κ3) is 3.97. The summed E-state index contributed by atoms with van der Waals surface area (Å²) < 4.78 is 41.6. The van der Waals surface area contributed by atoms with Crippen LogP contribution in [0.25, 0.3) is 22.2 Å². The largest absolute Gasteiger partial charge is 0.419 e. The number of carbonyl (C=O) groups excluding carboxylic acids is 1. The highest BCUT2D eigenvalue weighted by Gasteiger charge is 2.36. The van der Waals surface area contributed by atoms with Gasteiger partial charge in [0.25, 0.3) is 0 Å². The minimum absolute atomic E-state index is 0.0519. The van der Waals surface area contributed by atoms with E-state index in [1.165, 1.54) is 6.20 Å². The van der Waals surface area contributed by atoms with Gasteiger partial charge in [-0.1, -0.05) is 12.1 Å².